The molecule has 1 saturated carbocycles. The highest BCUT2D eigenvalue weighted by Crippen LogP contribution is 2.40. The topological polar surface area (TPSA) is 86.2 Å². The molecule has 0 heterocycles. The lowest BCUT2D eigenvalue weighted by atomic mass is 9.84. The van der Waals surface area contributed by atoms with Gasteiger partial charge < -0.3 is 5.32 Å². The molecule has 0 aromatic heterocycles. The van der Waals surface area contributed by atoms with Crippen molar-refractivity contribution in [1.29, 1.82) is 0 Å². The summed E-state index contributed by atoms with van der Waals surface area (Å²) >= 11 is 0. The third-order valence-corrected chi connectivity index (χ3v) is 10.4. The van der Waals surface area contributed by atoms with Gasteiger partial charge in [0, 0.05) is 44.0 Å². The van der Waals surface area contributed by atoms with Gasteiger partial charge in [-0.15, -0.1) is 25.6 Å². The molecule has 7 aromatic carbocycles. The Labute approximate surface area is 310 Å². The van der Waals surface area contributed by atoms with Gasteiger partial charge >= 0.3 is 0 Å². The van der Waals surface area contributed by atoms with Gasteiger partial charge in [0.1, 0.15) is 0 Å². The van der Waals surface area contributed by atoms with Crippen LogP contribution in [0, 0.1) is 0 Å². The maximum absolute atomic E-state index is 4.76. The fourth-order valence-electron chi connectivity index (χ4n) is 7.32. The van der Waals surface area contributed by atoms with Crippen molar-refractivity contribution < 1.29 is 0 Å². The Morgan fingerprint density at radius 3 is 1.32 bits per heavy atom. The number of hydrogen-bond donors (Lipinski definition) is 1. The van der Waals surface area contributed by atoms with Crippen molar-refractivity contribution in [3.05, 3.63) is 139 Å². The van der Waals surface area contributed by atoms with Gasteiger partial charge in [0.2, 0.25) is 0 Å². The highest BCUT2D eigenvalue weighted by molar-refractivity contribution is 6.02. The van der Waals surface area contributed by atoms with Gasteiger partial charge in [-0.3, -0.25) is 0 Å². The Hall–Kier alpha value is -6.08. The first-order valence-corrected chi connectivity index (χ1v) is 18.8. The lowest BCUT2D eigenvalue weighted by Gasteiger charge is -2.21. The SMILES string of the molecule is CCC(C)Nc1ccc(N=Nc2ccc(N=Nc3ccc(N=Nc4ccc(C5CCCCC5)cc4)c4ccccc34)c3ccccc23)c2ccccc12. The van der Waals surface area contributed by atoms with Crippen LogP contribution in [0.25, 0.3) is 32.3 Å². The first kappa shape index (κ1) is 34.0. The summed E-state index contributed by atoms with van der Waals surface area (Å²) < 4.78 is 0. The highest BCUT2D eigenvalue weighted by atomic mass is 15.1. The molecule has 0 spiro atoms. The van der Waals surface area contributed by atoms with E-state index in [4.69, 9.17) is 20.5 Å². The molecular formula is C46H43N7. The quantitative estimate of drug-likeness (QED) is 0.142. The van der Waals surface area contributed by atoms with Crippen molar-refractivity contribution in [3.8, 4) is 0 Å². The maximum atomic E-state index is 4.76. The summed E-state index contributed by atoms with van der Waals surface area (Å²) in [7, 11) is 0. The van der Waals surface area contributed by atoms with Crippen LogP contribution >= 0.6 is 0 Å². The predicted molar refractivity (Wildman–Crippen MR) is 220 cm³/mol. The summed E-state index contributed by atoms with van der Waals surface area (Å²) in [4.78, 5) is 0. The molecule has 53 heavy (non-hydrogen) atoms. The van der Waals surface area contributed by atoms with E-state index in [0.717, 1.165) is 78.5 Å². The second kappa shape index (κ2) is 15.7. The minimum atomic E-state index is 0.377. The molecule has 0 bridgehead atoms. The maximum Gasteiger partial charge on any atom is 0.0936 e. The minimum absolute atomic E-state index is 0.377. The molecule has 7 heteroatoms. The van der Waals surface area contributed by atoms with Gasteiger partial charge in [-0.1, -0.05) is 111 Å². The Bertz CT molecular complexity index is 2480. The number of azo groups is 3. The Morgan fingerprint density at radius 1 is 0.472 bits per heavy atom. The van der Waals surface area contributed by atoms with E-state index in [1.165, 1.54) is 37.7 Å². The second-order valence-electron chi connectivity index (χ2n) is 14.0. The summed E-state index contributed by atoms with van der Waals surface area (Å²) in [5.74, 6) is 0.675. The van der Waals surface area contributed by atoms with Crippen molar-refractivity contribution in [2.24, 2.45) is 30.7 Å². The first-order valence-electron chi connectivity index (χ1n) is 18.8. The largest absolute Gasteiger partial charge is 0.382 e. The molecule has 1 aliphatic carbocycles. The molecule has 7 nitrogen and oxygen atoms in total. The normalized spacial score (nSPS) is 14.7. The van der Waals surface area contributed by atoms with E-state index in [2.05, 4.69) is 102 Å². The standard InChI is InChI=1S/C46H43N7/c1-3-31(2)47-41-25-26-43(36-16-8-7-15-35(36)41)50-51-45-29-30-46(40-20-12-11-19-39(40)45)53-52-44-28-27-42(37-17-9-10-18-38(37)44)49-48-34-23-21-33(22-24-34)32-13-5-4-6-14-32/h7-12,15-32,47H,3-6,13-14H2,1-2H3. The number of nitrogens with zero attached hydrogens (tertiary/aromatic N) is 6. The fourth-order valence-corrected chi connectivity index (χ4v) is 7.32. The van der Waals surface area contributed by atoms with Crippen LogP contribution in [0.5, 0.6) is 0 Å². The summed E-state index contributed by atoms with van der Waals surface area (Å²) in [6, 6.07) is 45.6. The van der Waals surface area contributed by atoms with Crippen molar-refractivity contribution in [2.45, 2.75) is 64.3 Å². The van der Waals surface area contributed by atoms with Gasteiger partial charge in [-0.05, 0) is 86.2 Å². The number of anilines is 1. The van der Waals surface area contributed by atoms with Gasteiger partial charge in [-0.25, -0.2) is 0 Å². The van der Waals surface area contributed by atoms with Gasteiger partial charge in [0.25, 0.3) is 0 Å². The van der Waals surface area contributed by atoms with Crippen molar-refractivity contribution >= 4 is 72.1 Å². The monoisotopic (exact) mass is 693 g/mol. The van der Waals surface area contributed by atoms with Crippen LogP contribution in [0.15, 0.2) is 164 Å². The van der Waals surface area contributed by atoms with E-state index in [-0.39, 0.29) is 0 Å². The predicted octanol–water partition coefficient (Wildman–Crippen LogP) is 15.7. The molecule has 1 fully saturated rings. The summed E-state index contributed by atoms with van der Waals surface area (Å²) in [5.41, 5.74) is 7.30. The van der Waals surface area contributed by atoms with Gasteiger partial charge in [0.15, 0.2) is 0 Å². The summed E-state index contributed by atoms with van der Waals surface area (Å²) in [6.07, 6.45) is 7.64. The second-order valence-corrected chi connectivity index (χ2v) is 14.0. The zero-order chi connectivity index (χ0) is 36.0. The molecule has 262 valence electrons. The van der Waals surface area contributed by atoms with Crippen LogP contribution in [0.4, 0.5) is 39.8 Å². The van der Waals surface area contributed by atoms with Crippen LogP contribution in [0.3, 0.4) is 0 Å². The first-order chi connectivity index (χ1) is 26.1. The summed E-state index contributed by atoms with van der Waals surface area (Å²) in [5, 5.41) is 37.9. The number of rotatable bonds is 10. The zero-order valence-electron chi connectivity index (χ0n) is 30.3. The Balaban J connectivity index is 1.05. The minimum Gasteiger partial charge on any atom is -0.382 e. The molecule has 1 unspecified atom stereocenters. The lowest BCUT2D eigenvalue weighted by molar-refractivity contribution is 0.443. The van der Waals surface area contributed by atoms with E-state index < -0.39 is 0 Å². The lowest BCUT2D eigenvalue weighted by Crippen LogP contribution is -2.13. The zero-order valence-corrected chi connectivity index (χ0v) is 30.3. The smallest absolute Gasteiger partial charge is 0.0936 e. The van der Waals surface area contributed by atoms with Crippen molar-refractivity contribution in [3.63, 3.8) is 0 Å². The average Bonchev–Trinajstić information content (AvgIpc) is 3.22. The molecule has 0 saturated heterocycles. The highest BCUT2D eigenvalue weighted by Gasteiger charge is 2.15. The van der Waals surface area contributed by atoms with Crippen LogP contribution < -0.4 is 5.32 Å². The number of hydrogen-bond acceptors (Lipinski definition) is 7. The van der Waals surface area contributed by atoms with E-state index in [1.807, 2.05) is 60.7 Å². The summed E-state index contributed by atoms with van der Waals surface area (Å²) in [6.45, 7) is 4.38. The Kier molecular flexibility index (Phi) is 10.1. The number of benzene rings is 7. The van der Waals surface area contributed by atoms with Crippen molar-refractivity contribution in [2.75, 3.05) is 5.32 Å². The third-order valence-electron chi connectivity index (χ3n) is 10.4. The van der Waals surface area contributed by atoms with Gasteiger partial charge in [0.05, 0.1) is 34.1 Å². The van der Waals surface area contributed by atoms with Gasteiger partial charge in [-0.2, -0.15) is 5.11 Å². The number of fused-ring (bicyclic) bond motifs is 3. The third kappa shape index (κ3) is 7.47. The van der Waals surface area contributed by atoms with Crippen LogP contribution in [0.2, 0.25) is 0 Å². The molecule has 0 amide bonds. The molecule has 0 aliphatic heterocycles. The molecule has 1 aliphatic rings. The van der Waals surface area contributed by atoms with E-state index in [0.29, 0.717) is 12.0 Å². The number of nitrogens with one attached hydrogen (secondary N) is 1. The van der Waals surface area contributed by atoms with Crippen LogP contribution in [-0.2, 0) is 0 Å². The van der Waals surface area contributed by atoms with E-state index in [1.54, 1.807) is 0 Å². The molecule has 8 rings (SSSR count). The molecule has 1 N–H and O–H groups in total. The van der Waals surface area contributed by atoms with Crippen LogP contribution in [0.1, 0.15) is 63.9 Å². The van der Waals surface area contributed by atoms with E-state index in [9.17, 15) is 0 Å². The molecule has 0 radical (unpaired) electrons. The van der Waals surface area contributed by atoms with Crippen molar-refractivity contribution in [1.82, 2.24) is 0 Å². The molecular weight excluding hydrogens is 651 g/mol. The molecule has 7 aromatic rings. The van der Waals surface area contributed by atoms with Crippen LogP contribution in [-0.4, -0.2) is 6.04 Å². The van der Waals surface area contributed by atoms with E-state index >= 15 is 0 Å². The fraction of sp³-hybridized carbons (Fsp3) is 0.217. The Morgan fingerprint density at radius 2 is 0.868 bits per heavy atom. The average molecular weight is 694 g/mol. The molecule has 1 atom stereocenters.